The molecule has 0 aliphatic rings. The van der Waals surface area contributed by atoms with Crippen molar-refractivity contribution in [2.24, 2.45) is 0 Å². The van der Waals surface area contributed by atoms with Gasteiger partial charge in [-0.05, 0) is 42.5 Å². The number of hydrogen-bond acceptors (Lipinski definition) is 4. The first-order valence-corrected chi connectivity index (χ1v) is 5.89. The lowest BCUT2D eigenvalue weighted by Gasteiger charge is -2.08. The van der Waals surface area contributed by atoms with Gasteiger partial charge in [-0.15, -0.1) is 0 Å². The second kappa shape index (κ2) is 5.76. The molecule has 2 rings (SSSR count). The fourth-order valence-corrected chi connectivity index (χ4v) is 1.71. The summed E-state index contributed by atoms with van der Waals surface area (Å²) in [5, 5.41) is 11.4. The lowest BCUT2D eigenvalue weighted by molar-refractivity contribution is 0.102. The van der Waals surface area contributed by atoms with Crippen LogP contribution in [0.3, 0.4) is 0 Å². The molecule has 0 aliphatic heterocycles. The van der Waals surface area contributed by atoms with Crippen molar-refractivity contribution in [1.82, 2.24) is 0 Å². The topological polar surface area (TPSA) is 88.1 Å². The van der Waals surface area contributed by atoms with Gasteiger partial charge in [0.05, 0.1) is 24.4 Å². The average molecular weight is 267 g/mol. The molecule has 3 N–H and O–H groups in total. The van der Waals surface area contributed by atoms with Crippen LogP contribution in [0.25, 0.3) is 0 Å². The van der Waals surface area contributed by atoms with Gasteiger partial charge < -0.3 is 15.8 Å². The lowest BCUT2D eigenvalue weighted by atomic mass is 10.1. The fraction of sp³-hybridized carbons (Fsp3) is 0.0667. The number of anilines is 2. The van der Waals surface area contributed by atoms with Crippen molar-refractivity contribution in [1.29, 1.82) is 5.26 Å². The van der Waals surface area contributed by atoms with Gasteiger partial charge in [0.2, 0.25) is 0 Å². The fourth-order valence-electron chi connectivity index (χ4n) is 1.71. The molecule has 0 spiro atoms. The molecule has 0 aliphatic carbocycles. The van der Waals surface area contributed by atoms with Gasteiger partial charge in [-0.2, -0.15) is 5.26 Å². The molecule has 20 heavy (non-hydrogen) atoms. The van der Waals surface area contributed by atoms with E-state index in [0.717, 1.165) is 0 Å². The number of benzene rings is 2. The molecule has 0 radical (unpaired) electrons. The number of carbonyl (C=O) groups excluding carboxylic acids is 1. The van der Waals surface area contributed by atoms with Crippen LogP contribution in [0.15, 0.2) is 42.5 Å². The van der Waals surface area contributed by atoms with Gasteiger partial charge in [-0.3, -0.25) is 4.79 Å². The Labute approximate surface area is 116 Å². The first-order chi connectivity index (χ1) is 9.63. The summed E-state index contributed by atoms with van der Waals surface area (Å²) in [6.07, 6.45) is 0. The zero-order valence-corrected chi connectivity index (χ0v) is 10.9. The Hall–Kier alpha value is -3.00. The summed E-state index contributed by atoms with van der Waals surface area (Å²) in [6, 6.07) is 13.4. The van der Waals surface area contributed by atoms with Crippen molar-refractivity contribution >= 4 is 17.3 Å². The van der Waals surface area contributed by atoms with Crippen LogP contribution in [-0.4, -0.2) is 13.0 Å². The monoisotopic (exact) mass is 267 g/mol. The van der Waals surface area contributed by atoms with Crippen molar-refractivity contribution in [2.75, 3.05) is 18.2 Å². The van der Waals surface area contributed by atoms with Crippen molar-refractivity contribution in [3.63, 3.8) is 0 Å². The van der Waals surface area contributed by atoms with Crippen molar-refractivity contribution in [2.45, 2.75) is 0 Å². The Balaban J connectivity index is 2.14. The number of amides is 1. The van der Waals surface area contributed by atoms with Crippen molar-refractivity contribution in [3.05, 3.63) is 53.6 Å². The average Bonchev–Trinajstić information content (AvgIpc) is 2.47. The number of methoxy groups -OCH3 is 1. The highest BCUT2D eigenvalue weighted by atomic mass is 16.5. The quantitative estimate of drug-likeness (QED) is 0.836. The normalized spacial score (nSPS) is 9.60. The number of carbonyl (C=O) groups is 1. The Kier molecular flexibility index (Phi) is 3.87. The summed E-state index contributed by atoms with van der Waals surface area (Å²) in [6.45, 7) is 0. The van der Waals surface area contributed by atoms with Gasteiger partial charge in [-0.25, -0.2) is 0 Å². The molecule has 0 aromatic heterocycles. The largest absolute Gasteiger partial charge is 0.495 e. The minimum Gasteiger partial charge on any atom is -0.495 e. The minimum absolute atomic E-state index is 0.265. The molecule has 5 nitrogen and oxygen atoms in total. The van der Waals surface area contributed by atoms with Gasteiger partial charge in [0.1, 0.15) is 5.75 Å². The molecule has 2 aromatic carbocycles. The summed E-state index contributed by atoms with van der Waals surface area (Å²) in [4.78, 5) is 12.0. The Morgan fingerprint density at radius 3 is 2.50 bits per heavy atom. The number of rotatable bonds is 3. The zero-order chi connectivity index (χ0) is 14.5. The van der Waals surface area contributed by atoms with Crippen molar-refractivity contribution < 1.29 is 9.53 Å². The first-order valence-electron chi connectivity index (χ1n) is 5.89. The van der Waals surface area contributed by atoms with Gasteiger partial charge >= 0.3 is 0 Å². The van der Waals surface area contributed by atoms with E-state index >= 15 is 0 Å². The third-order valence-electron chi connectivity index (χ3n) is 2.76. The van der Waals surface area contributed by atoms with Crippen LogP contribution in [-0.2, 0) is 0 Å². The number of nitriles is 1. The van der Waals surface area contributed by atoms with E-state index in [9.17, 15) is 4.79 Å². The molecular formula is C15H13N3O2. The highest BCUT2D eigenvalue weighted by Crippen LogP contribution is 2.24. The molecule has 1 amide bonds. The maximum absolute atomic E-state index is 12.0. The number of nitrogens with two attached hydrogens (primary N) is 1. The Bertz CT molecular complexity index is 673. The van der Waals surface area contributed by atoms with E-state index < -0.39 is 0 Å². The highest BCUT2D eigenvalue weighted by Gasteiger charge is 2.07. The molecule has 0 fully saturated rings. The van der Waals surface area contributed by atoms with E-state index in [2.05, 4.69) is 5.32 Å². The number of nitrogen functional groups attached to an aromatic ring is 1. The zero-order valence-electron chi connectivity index (χ0n) is 10.9. The van der Waals surface area contributed by atoms with Crippen LogP contribution < -0.4 is 15.8 Å². The molecule has 0 atom stereocenters. The summed E-state index contributed by atoms with van der Waals surface area (Å²) < 4.78 is 5.05. The summed E-state index contributed by atoms with van der Waals surface area (Å²) in [5.41, 5.74) is 7.78. The molecule has 0 bridgehead atoms. The predicted molar refractivity (Wildman–Crippen MR) is 76.5 cm³/mol. The maximum atomic E-state index is 12.0. The Morgan fingerprint density at radius 2 is 1.95 bits per heavy atom. The van der Waals surface area contributed by atoms with Gasteiger partial charge in [0, 0.05) is 11.3 Å². The molecule has 100 valence electrons. The van der Waals surface area contributed by atoms with E-state index in [-0.39, 0.29) is 5.91 Å². The summed E-state index contributed by atoms with van der Waals surface area (Å²) in [7, 11) is 1.53. The minimum atomic E-state index is -0.265. The molecule has 0 heterocycles. The third kappa shape index (κ3) is 2.87. The van der Waals surface area contributed by atoms with E-state index in [4.69, 9.17) is 15.7 Å². The van der Waals surface area contributed by atoms with Crippen molar-refractivity contribution in [3.8, 4) is 11.8 Å². The molecule has 0 saturated heterocycles. The van der Waals surface area contributed by atoms with Crippen LogP contribution in [0.1, 0.15) is 15.9 Å². The molecule has 0 saturated carbocycles. The molecular weight excluding hydrogens is 254 g/mol. The van der Waals surface area contributed by atoms with Gasteiger partial charge in [0.25, 0.3) is 5.91 Å². The van der Waals surface area contributed by atoms with Crippen LogP contribution >= 0.6 is 0 Å². The van der Waals surface area contributed by atoms with E-state index in [1.165, 1.54) is 7.11 Å². The van der Waals surface area contributed by atoms with E-state index in [0.29, 0.717) is 28.3 Å². The number of ether oxygens (including phenoxy) is 1. The van der Waals surface area contributed by atoms with Crippen LogP contribution in [0.4, 0.5) is 11.4 Å². The lowest BCUT2D eigenvalue weighted by Crippen LogP contribution is -2.12. The standard InChI is InChI=1S/C15H13N3O2/c1-20-14-7-6-12(8-13(14)17)18-15(19)11-4-2-10(9-16)3-5-11/h2-8H,17H2,1H3,(H,18,19). The second-order valence-electron chi connectivity index (χ2n) is 4.10. The van der Waals surface area contributed by atoms with E-state index in [1.807, 2.05) is 6.07 Å². The SMILES string of the molecule is COc1ccc(NC(=O)c2ccc(C#N)cc2)cc1N. The smallest absolute Gasteiger partial charge is 0.255 e. The summed E-state index contributed by atoms with van der Waals surface area (Å²) in [5.74, 6) is 0.292. The maximum Gasteiger partial charge on any atom is 0.255 e. The summed E-state index contributed by atoms with van der Waals surface area (Å²) >= 11 is 0. The Morgan fingerprint density at radius 1 is 1.25 bits per heavy atom. The third-order valence-corrected chi connectivity index (χ3v) is 2.76. The van der Waals surface area contributed by atoms with Crippen LogP contribution in [0.5, 0.6) is 5.75 Å². The highest BCUT2D eigenvalue weighted by molar-refractivity contribution is 6.04. The number of nitrogens with zero attached hydrogens (tertiary/aromatic N) is 1. The van der Waals surface area contributed by atoms with Gasteiger partial charge in [-0.1, -0.05) is 0 Å². The molecule has 0 unspecified atom stereocenters. The first kappa shape index (κ1) is 13.4. The molecule has 5 heteroatoms. The van der Waals surface area contributed by atoms with Crippen LogP contribution in [0, 0.1) is 11.3 Å². The number of hydrogen-bond donors (Lipinski definition) is 2. The van der Waals surface area contributed by atoms with Crippen LogP contribution in [0.2, 0.25) is 0 Å². The second-order valence-corrected chi connectivity index (χ2v) is 4.10. The van der Waals surface area contributed by atoms with Gasteiger partial charge in [0.15, 0.2) is 0 Å². The number of nitrogens with one attached hydrogen (secondary N) is 1. The predicted octanol–water partition coefficient (Wildman–Crippen LogP) is 2.40. The molecule has 2 aromatic rings. The van der Waals surface area contributed by atoms with E-state index in [1.54, 1.807) is 42.5 Å².